The summed E-state index contributed by atoms with van der Waals surface area (Å²) in [6.45, 7) is 4.15. The highest BCUT2D eigenvalue weighted by molar-refractivity contribution is 6.13. The zero-order chi connectivity index (χ0) is 20.7. The summed E-state index contributed by atoms with van der Waals surface area (Å²) < 4.78 is 0. The molecular formula is C25H20N4O. The molecule has 0 fully saturated rings. The topological polar surface area (TPSA) is 59.8 Å². The van der Waals surface area contributed by atoms with Gasteiger partial charge in [0.05, 0.1) is 5.69 Å². The van der Waals surface area contributed by atoms with Crippen LogP contribution in [0.2, 0.25) is 0 Å². The molecule has 0 saturated heterocycles. The van der Waals surface area contributed by atoms with E-state index in [-0.39, 0.29) is 5.91 Å². The van der Waals surface area contributed by atoms with Crippen LogP contribution in [0.3, 0.4) is 0 Å². The molecule has 1 heterocycles. The molecule has 4 aromatic carbocycles. The first-order valence-electron chi connectivity index (χ1n) is 9.82. The maximum Gasteiger partial charge on any atom is 0.256 e. The molecule has 30 heavy (non-hydrogen) atoms. The highest BCUT2D eigenvalue weighted by Gasteiger charge is 2.12. The predicted octanol–water partition coefficient (Wildman–Crippen LogP) is 5.44. The van der Waals surface area contributed by atoms with Crippen LogP contribution >= 0.6 is 0 Å². The molecule has 5 aromatic rings. The van der Waals surface area contributed by atoms with Crippen LogP contribution in [-0.2, 0) is 0 Å². The summed E-state index contributed by atoms with van der Waals surface area (Å²) in [6, 6.07) is 25.3. The van der Waals surface area contributed by atoms with Crippen molar-refractivity contribution in [1.82, 2.24) is 15.0 Å². The van der Waals surface area contributed by atoms with Gasteiger partial charge in [-0.2, -0.15) is 4.80 Å². The fraction of sp³-hybridized carbons (Fsp3) is 0.0800. The number of benzene rings is 4. The first-order chi connectivity index (χ1) is 14.6. The molecular weight excluding hydrogens is 372 g/mol. The van der Waals surface area contributed by atoms with Crippen LogP contribution < -0.4 is 5.32 Å². The summed E-state index contributed by atoms with van der Waals surface area (Å²) in [5.74, 6) is -0.146. The Morgan fingerprint density at radius 3 is 2.47 bits per heavy atom. The summed E-state index contributed by atoms with van der Waals surface area (Å²) in [5, 5.41) is 14.1. The smallest absolute Gasteiger partial charge is 0.256 e. The molecule has 1 N–H and O–H groups in total. The summed E-state index contributed by atoms with van der Waals surface area (Å²) in [5.41, 5.74) is 6.17. The second kappa shape index (κ2) is 7.12. The molecule has 0 aliphatic carbocycles. The SMILES string of the molecule is Cc1ccc(-n2nc3ccc(NC(=O)c4cccc5ccccc45)cc3n2)cc1C. The van der Waals surface area contributed by atoms with Gasteiger partial charge in [0, 0.05) is 11.3 Å². The lowest BCUT2D eigenvalue weighted by Gasteiger charge is -2.08. The Balaban J connectivity index is 1.46. The number of carbonyl (C=O) groups is 1. The third kappa shape index (κ3) is 3.20. The molecule has 0 aliphatic heterocycles. The van der Waals surface area contributed by atoms with E-state index in [1.807, 2.05) is 66.7 Å². The number of anilines is 1. The van der Waals surface area contributed by atoms with Crippen LogP contribution in [0, 0.1) is 13.8 Å². The summed E-state index contributed by atoms with van der Waals surface area (Å²) in [4.78, 5) is 14.5. The number of carbonyl (C=O) groups excluding carboxylic acids is 1. The van der Waals surface area contributed by atoms with Gasteiger partial charge in [-0.25, -0.2) is 0 Å². The molecule has 1 aromatic heterocycles. The fourth-order valence-electron chi connectivity index (χ4n) is 3.58. The van der Waals surface area contributed by atoms with Crippen LogP contribution in [0.4, 0.5) is 5.69 Å². The first-order valence-corrected chi connectivity index (χ1v) is 9.82. The Hall–Kier alpha value is -3.99. The van der Waals surface area contributed by atoms with Gasteiger partial charge in [0.2, 0.25) is 0 Å². The Kier molecular flexibility index (Phi) is 4.29. The van der Waals surface area contributed by atoms with Crippen LogP contribution in [0.25, 0.3) is 27.5 Å². The standard InChI is InChI=1S/C25H20N4O/c1-16-10-12-20(14-17(16)2)29-27-23-13-11-19(15-24(23)28-29)26-25(30)22-9-5-7-18-6-3-4-8-21(18)22/h3-15H,1-2H3,(H,26,30). The van der Waals surface area contributed by atoms with E-state index in [0.29, 0.717) is 11.3 Å². The van der Waals surface area contributed by atoms with Crippen LogP contribution in [-0.4, -0.2) is 20.9 Å². The fourth-order valence-corrected chi connectivity index (χ4v) is 3.58. The largest absolute Gasteiger partial charge is 0.322 e. The third-order valence-corrected chi connectivity index (χ3v) is 5.39. The van der Waals surface area contributed by atoms with Gasteiger partial charge < -0.3 is 5.32 Å². The van der Waals surface area contributed by atoms with Crippen molar-refractivity contribution < 1.29 is 4.79 Å². The van der Waals surface area contributed by atoms with Gasteiger partial charge in [0.25, 0.3) is 5.91 Å². The quantitative estimate of drug-likeness (QED) is 0.445. The van der Waals surface area contributed by atoms with Gasteiger partial charge in [-0.15, -0.1) is 10.2 Å². The number of rotatable bonds is 3. The van der Waals surface area contributed by atoms with E-state index in [1.54, 1.807) is 4.80 Å². The predicted molar refractivity (Wildman–Crippen MR) is 120 cm³/mol. The number of hydrogen-bond donors (Lipinski definition) is 1. The third-order valence-electron chi connectivity index (χ3n) is 5.39. The lowest BCUT2D eigenvalue weighted by atomic mass is 10.0. The van der Waals surface area contributed by atoms with Gasteiger partial charge in [0.15, 0.2) is 0 Å². The van der Waals surface area contributed by atoms with Crippen LogP contribution in [0.5, 0.6) is 0 Å². The minimum absolute atomic E-state index is 0.146. The molecule has 5 rings (SSSR count). The van der Waals surface area contributed by atoms with Crippen molar-refractivity contribution in [3.8, 4) is 5.69 Å². The number of nitrogens with zero attached hydrogens (tertiary/aromatic N) is 3. The molecule has 0 aliphatic rings. The summed E-state index contributed by atoms with van der Waals surface area (Å²) >= 11 is 0. The van der Waals surface area contributed by atoms with E-state index in [9.17, 15) is 4.79 Å². The zero-order valence-corrected chi connectivity index (χ0v) is 16.8. The van der Waals surface area contributed by atoms with E-state index in [2.05, 4.69) is 41.5 Å². The number of aromatic nitrogens is 3. The number of fused-ring (bicyclic) bond motifs is 2. The number of aryl methyl sites for hydroxylation is 2. The Bertz CT molecular complexity index is 1410. The minimum atomic E-state index is -0.146. The van der Waals surface area contributed by atoms with Crippen molar-refractivity contribution in [3.05, 3.63) is 95.6 Å². The van der Waals surface area contributed by atoms with Crippen molar-refractivity contribution in [2.75, 3.05) is 5.32 Å². The molecule has 5 heteroatoms. The molecule has 0 radical (unpaired) electrons. The molecule has 0 unspecified atom stereocenters. The van der Waals surface area contributed by atoms with E-state index < -0.39 is 0 Å². The van der Waals surface area contributed by atoms with Gasteiger partial charge >= 0.3 is 0 Å². The molecule has 0 bridgehead atoms. The lowest BCUT2D eigenvalue weighted by Crippen LogP contribution is -2.12. The van der Waals surface area contributed by atoms with Crippen molar-refractivity contribution in [2.24, 2.45) is 0 Å². The van der Waals surface area contributed by atoms with E-state index >= 15 is 0 Å². The monoisotopic (exact) mass is 392 g/mol. The van der Waals surface area contributed by atoms with Crippen LogP contribution in [0.15, 0.2) is 78.9 Å². The van der Waals surface area contributed by atoms with Crippen molar-refractivity contribution in [1.29, 1.82) is 0 Å². The summed E-state index contributed by atoms with van der Waals surface area (Å²) in [6.07, 6.45) is 0. The molecule has 0 saturated carbocycles. The molecule has 1 amide bonds. The minimum Gasteiger partial charge on any atom is -0.322 e. The summed E-state index contributed by atoms with van der Waals surface area (Å²) in [7, 11) is 0. The first kappa shape index (κ1) is 18.1. The number of hydrogen-bond acceptors (Lipinski definition) is 3. The van der Waals surface area contributed by atoms with Gasteiger partial charge in [-0.3, -0.25) is 4.79 Å². The Morgan fingerprint density at radius 2 is 1.60 bits per heavy atom. The molecule has 146 valence electrons. The molecule has 0 atom stereocenters. The number of nitrogens with one attached hydrogen (secondary N) is 1. The van der Waals surface area contributed by atoms with Crippen molar-refractivity contribution >= 4 is 33.4 Å². The lowest BCUT2D eigenvalue weighted by molar-refractivity contribution is 0.102. The van der Waals surface area contributed by atoms with Gasteiger partial charge in [-0.1, -0.05) is 42.5 Å². The second-order valence-corrected chi connectivity index (χ2v) is 7.44. The van der Waals surface area contributed by atoms with Crippen molar-refractivity contribution in [2.45, 2.75) is 13.8 Å². The number of amides is 1. The normalized spacial score (nSPS) is 11.1. The molecule has 5 nitrogen and oxygen atoms in total. The molecule has 0 spiro atoms. The highest BCUT2D eigenvalue weighted by atomic mass is 16.1. The van der Waals surface area contributed by atoms with Gasteiger partial charge in [-0.05, 0) is 72.1 Å². The van der Waals surface area contributed by atoms with E-state index in [0.717, 1.165) is 27.5 Å². The maximum atomic E-state index is 12.9. The van der Waals surface area contributed by atoms with Gasteiger partial charge in [0.1, 0.15) is 11.0 Å². The second-order valence-electron chi connectivity index (χ2n) is 7.44. The Morgan fingerprint density at radius 1 is 0.800 bits per heavy atom. The van der Waals surface area contributed by atoms with E-state index in [4.69, 9.17) is 0 Å². The zero-order valence-electron chi connectivity index (χ0n) is 16.8. The maximum absolute atomic E-state index is 12.9. The Labute approximate surface area is 174 Å². The van der Waals surface area contributed by atoms with Crippen molar-refractivity contribution in [3.63, 3.8) is 0 Å². The van der Waals surface area contributed by atoms with E-state index in [1.165, 1.54) is 11.1 Å². The van der Waals surface area contributed by atoms with Crippen LogP contribution in [0.1, 0.15) is 21.5 Å². The average molecular weight is 392 g/mol. The average Bonchev–Trinajstić information content (AvgIpc) is 3.18. The highest BCUT2D eigenvalue weighted by Crippen LogP contribution is 2.22.